The highest BCUT2D eigenvalue weighted by Gasteiger charge is 2.09. The molecule has 0 saturated carbocycles. The first-order chi connectivity index (χ1) is 7.22. The van der Waals surface area contributed by atoms with Crippen LogP contribution in [0, 0.1) is 0 Å². The molecule has 1 amide bonds. The van der Waals surface area contributed by atoms with Crippen molar-refractivity contribution < 1.29 is 9.53 Å². The van der Waals surface area contributed by atoms with Gasteiger partial charge in [0.05, 0.1) is 6.04 Å². The molecule has 0 aliphatic heterocycles. The van der Waals surface area contributed by atoms with Gasteiger partial charge < -0.3 is 15.4 Å². The maximum atomic E-state index is 11.5. The average Bonchev–Trinajstić information content (AvgIpc) is 2.24. The minimum absolute atomic E-state index is 0.0841. The number of methoxy groups -OCH3 is 1. The molecule has 0 bridgehead atoms. The topological polar surface area (TPSA) is 50.4 Å². The monoisotopic (exact) mass is 216 g/mol. The molecule has 2 N–H and O–H groups in total. The van der Waals surface area contributed by atoms with E-state index in [-0.39, 0.29) is 11.9 Å². The van der Waals surface area contributed by atoms with Crippen LogP contribution in [0.15, 0.2) is 0 Å². The molecule has 1 atom stereocenters. The summed E-state index contributed by atoms with van der Waals surface area (Å²) in [6.07, 6.45) is 3.08. The maximum Gasteiger partial charge on any atom is 0.236 e. The number of hydrogen-bond acceptors (Lipinski definition) is 3. The third kappa shape index (κ3) is 8.39. The Bertz CT molecular complexity index is 163. The van der Waals surface area contributed by atoms with E-state index in [2.05, 4.69) is 17.6 Å². The summed E-state index contributed by atoms with van der Waals surface area (Å²) in [4.78, 5) is 11.5. The van der Waals surface area contributed by atoms with Crippen LogP contribution in [0.1, 0.15) is 33.1 Å². The van der Waals surface area contributed by atoms with Gasteiger partial charge in [0.25, 0.3) is 0 Å². The third-order valence-corrected chi connectivity index (χ3v) is 2.20. The van der Waals surface area contributed by atoms with Crippen LogP contribution < -0.4 is 10.6 Å². The number of carbonyl (C=O) groups excluding carboxylic acids is 1. The first-order valence-corrected chi connectivity index (χ1v) is 5.72. The normalized spacial score (nSPS) is 12.5. The van der Waals surface area contributed by atoms with Crippen LogP contribution in [0.25, 0.3) is 0 Å². The fraction of sp³-hybridized carbons (Fsp3) is 0.909. The summed E-state index contributed by atoms with van der Waals surface area (Å²) >= 11 is 0. The SMILES string of the molecule is CCCCNC(=O)C(C)NCCCOC. The second-order valence-corrected chi connectivity index (χ2v) is 3.67. The van der Waals surface area contributed by atoms with Gasteiger partial charge in [-0.15, -0.1) is 0 Å². The highest BCUT2D eigenvalue weighted by atomic mass is 16.5. The van der Waals surface area contributed by atoms with Crippen LogP contribution in [0.4, 0.5) is 0 Å². The minimum atomic E-state index is -0.112. The quantitative estimate of drug-likeness (QED) is 0.563. The van der Waals surface area contributed by atoms with Crippen molar-refractivity contribution in [1.82, 2.24) is 10.6 Å². The van der Waals surface area contributed by atoms with E-state index < -0.39 is 0 Å². The molecular weight excluding hydrogens is 192 g/mol. The number of amides is 1. The Morgan fingerprint density at radius 1 is 1.33 bits per heavy atom. The van der Waals surface area contributed by atoms with E-state index in [1.807, 2.05) is 6.92 Å². The molecule has 0 heterocycles. The van der Waals surface area contributed by atoms with E-state index in [1.165, 1.54) is 0 Å². The Hall–Kier alpha value is -0.610. The molecule has 1 unspecified atom stereocenters. The zero-order valence-corrected chi connectivity index (χ0v) is 10.1. The lowest BCUT2D eigenvalue weighted by Gasteiger charge is -2.13. The summed E-state index contributed by atoms with van der Waals surface area (Å²) in [5, 5.41) is 6.04. The van der Waals surface area contributed by atoms with Crippen LogP contribution >= 0.6 is 0 Å². The summed E-state index contributed by atoms with van der Waals surface area (Å²) in [7, 11) is 1.68. The van der Waals surface area contributed by atoms with E-state index in [1.54, 1.807) is 7.11 Å². The van der Waals surface area contributed by atoms with Crippen molar-refractivity contribution in [1.29, 1.82) is 0 Å². The van der Waals surface area contributed by atoms with Gasteiger partial charge in [-0.3, -0.25) is 4.79 Å². The summed E-state index contributed by atoms with van der Waals surface area (Å²) in [6.45, 7) is 6.32. The standard InChI is InChI=1S/C11H24N2O2/c1-4-5-7-13-11(14)10(2)12-8-6-9-15-3/h10,12H,4-9H2,1-3H3,(H,13,14). The Labute approximate surface area is 92.8 Å². The number of carbonyl (C=O) groups is 1. The van der Waals surface area contributed by atoms with Gasteiger partial charge in [0.2, 0.25) is 5.91 Å². The minimum Gasteiger partial charge on any atom is -0.385 e. The molecule has 0 aromatic rings. The molecule has 0 saturated heterocycles. The molecule has 0 aliphatic carbocycles. The van der Waals surface area contributed by atoms with Gasteiger partial charge in [0.15, 0.2) is 0 Å². The molecule has 0 aromatic carbocycles. The van der Waals surface area contributed by atoms with E-state index in [0.717, 1.165) is 39.0 Å². The van der Waals surface area contributed by atoms with Gasteiger partial charge in [-0.25, -0.2) is 0 Å². The number of nitrogens with one attached hydrogen (secondary N) is 2. The number of rotatable bonds is 9. The van der Waals surface area contributed by atoms with Crippen molar-refractivity contribution in [3.63, 3.8) is 0 Å². The predicted molar refractivity (Wildman–Crippen MR) is 61.9 cm³/mol. The highest BCUT2D eigenvalue weighted by Crippen LogP contribution is 1.87. The molecule has 0 fully saturated rings. The Morgan fingerprint density at radius 2 is 2.07 bits per heavy atom. The molecule has 15 heavy (non-hydrogen) atoms. The van der Waals surface area contributed by atoms with Crippen LogP contribution in [0.5, 0.6) is 0 Å². The van der Waals surface area contributed by atoms with Crippen molar-refractivity contribution >= 4 is 5.91 Å². The lowest BCUT2D eigenvalue weighted by atomic mass is 10.3. The first kappa shape index (κ1) is 14.4. The lowest BCUT2D eigenvalue weighted by Crippen LogP contribution is -2.42. The second-order valence-electron chi connectivity index (χ2n) is 3.67. The predicted octanol–water partition coefficient (Wildman–Crippen LogP) is 0.917. The van der Waals surface area contributed by atoms with E-state index in [0.29, 0.717) is 0 Å². The molecule has 0 radical (unpaired) electrons. The maximum absolute atomic E-state index is 11.5. The van der Waals surface area contributed by atoms with Crippen molar-refractivity contribution in [2.24, 2.45) is 0 Å². The Kier molecular flexibility index (Phi) is 9.52. The molecule has 90 valence electrons. The molecule has 4 heteroatoms. The first-order valence-electron chi connectivity index (χ1n) is 5.72. The van der Waals surface area contributed by atoms with Gasteiger partial charge in [-0.1, -0.05) is 13.3 Å². The second kappa shape index (κ2) is 9.93. The van der Waals surface area contributed by atoms with Crippen LogP contribution in [-0.4, -0.2) is 38.8 Å². The van der Waals surface area contributed by atoms with Crippen LogP contribution in [0.2, 0.25) is 0 Å². The summed E-state index contributed by atoms with van der Waals surface area (Å²) in [5.74, 6) is 0.0841. The molecule has 0 rings (SSSR count). The summed E-state index contributed by atoms with van der Waals surface area (Å²) in [5.41, 5.74) is 0. The van der Waals surface area contributed by atoms with Gasteiger partial charge in [0, 0.05) is 20.3 Å². The zero-order chi connectivity index (χ0) is 11.5. The van der Waals surface area contributed by atoms with Crippen LogP contribution in [0.3, 0.4) is 0 Å². The Morgan fingerprint density at radius 3 is 2.67 bits per heavy atom. The average molecular weight is 216 g/mol. The van der Waals surface area contributed by atoms with Gasteiger partial charge >= 0.3 is 0 Å². The smallest absolute Gasteiger partial charge is 0.236 e. The molecular formula is C11H24N2O2. The third-order valence-electron chi connectivity index (χ3n) is 2.20. The van der Waals surface area contributed by atoms with Gasteiger partial charge in [-0.05, 0) is 26.3 Å². The fourth-order valence-corrected chi connectivity index (χ4v) is 1.17. The summed E-state index contributed by atoms with van der Waals surface area (Å²) < 4.78 is 4.92. The van der Waals surface area contributed by atoms with Crippen molar-refractivity contribution in [3.05, 3.63) is 0 Å². The molecule has 4 nitrogen and oxygen atoms in total. The summed E-state index contributed by atoms with van der Waals surface area (Å²) in [6, 6.07) is -0.112. The molecule has 0 aliphatic rings. The van der Waals surface area contributed by atoms with Crippen molar-refractivity contribution in [2.45, 2.75) is 39.2 Å². The largest absolute Gasteiger partial charge is 0.385 e. The number of unbranched alkanes of at least 4 members (excludes halogenated alkanes) is 1. The lowest BCUT2D eigenvalue weighted by molar-refractivity contribution is -0.122. The van der Waals surface area contributed by atoms with Crippen LogP contribution in [-0.2, 0) is 9.53 Å². The number of ether oxygens (including phenoxy) is 1. The van der Waals surface area contributed by atoms with Crippen molar-refractivity contribution in [3.8, 4) is 0 Å². The fourth-order valence-electron chi connectivity index (χ4n) is 1.17. The van der Waals surface area contributed by atoms with E-state index in [4.69, 9.17) is 4.74 Å². The molecule has 0 spiro atoms. The zero-order valence-electron chi connectivity index (χ0n) is 10.1. The van der Waals surface area contributed by atoms with Crippen molar-refractivity contribution in [2.75, 3.05) is 26.8 Å². The van der Waals surface area contributed by atoms with E-state index in [9.17, 15) is 4.79 Å². The molecule has 0 aromatic heterocycles. The van der Waals surface area contributed by atoms with Gasteiger partial charge in [0.1, 0.15) is 0 Å². The van der Waals surface area contributed by atoms with E-state index >= 15 is 0 Å². The van der Waals surface area contributed by atoms with Gasteiger partial charge in [-0.2, -0.15) is 0 Å². The highest BCUT2D eigenvalue weighted by molar-refractivity contribution is 5.81. The number of hydrogen-bond donors (Lipinski definition) is 2. The Balaban J connectivity index is 3.42.